The molecule has 1 aliphatic rings. The molecule has 0 saturated carbocycles. The summed E-state index contributed by atoms with van der Waals surface area (Å²) in [4.78, 5) is 51.9. The summed E-state index contributed by atoms with van der Waals surface area (Å²) in [5.74, 6) is -0.798. The summed E-state index contributed by atoms with van der Waals surface area (Å²) in [7, 11) is 0. The maximum Gasteiger partial charge on any atom is 0.410 e. The number of thioether (sulfide) groups is 1. The molecule has 1 unspecified atom stereocenters. The molecule has 3 aromatic rings. The molecule has 2 N–H and O–H groups in total. The number of benzene rings is 2. The lowest BCUT2D eigenvalue weighted by Crippen LogP contribution is -2.39. The lowest BCUT2D eigenvalue weighted by molar-refractivity contribution is -0.384. The SMILES string of the molecule is CC(Sc1cccc(NC(=O)c2cccc([N+](=O)[O-])c2)c1)C(=O)Nc1sc2c(c1C#N)CCN(C(=O)OC(C)(C)C)C2. The van der Waals surface area contributed by atoms with Crippen molar-refractivity contribution < 1.29 is 24.0 Å². The average Bonchev–Trinajstić information content (AvgIpc) is 3.28. The standard InChI is InChI=1S/C29H29N5O6S2/c1-17(41-21-10-6-8-19(14-21)31-26(36)18-7-5-9-20(13-18)34(38)39)25(35)32-27-23(15-30)22-11-12-33(16-24(22)42-27)28(37)40-29(2,3)4/h5-10,13-14,17H,11-12,16H2,1-4H3,(H,31,36)(H,32,35). The topological polar surface area (TPSA) is 155 Å². The zero-order chi connectivity index (χ0) is 30.6. The average molecular weight is 608 g/mol. The first-order valence-corrected chi connectivity index (χ1v) is 14.7. The molecule has 0 spiro atoms. The zero-order valence-electron chi connectivity index (χ0n) is 23.4. The zero-order valence-corrected chi connectivity index (χ0v) is 25.1. The van der Waals surface area contributed by atoms with Crippen LogP contribution in [-0.4, -0.2) is 45.1 Å². The highest BCUT2D eigenvalue weighted by atomic mass is 32.2. The van der Waals surface area contributed by atoms with Crippen molar-refractivity contribution in [3.05, 3.63) is 80.2 Å². The Bertz CT molecular complexity index is 1590. The second-order valence-electron chi connectivity index (χ2n) is 10.5. The molecule has 13 heteroatoms. The minimum Gasteiger partial charge on any atom is -0.444 e. The Morgan fingerprint density at radius 3 is 2.60 bits per heavy atom. The number of nitro groups is 1. The van der Waals surface area contributed by atoms with Gasteiger partial charge in [-0.05, 0) is 63.9 Å². The number of non-ortho nitro benzene ring substituents is 1. The first kappa shape index (κ1) is 30.5. The number of rotatable bonds is 7. The van der Waals surface area contributed by atoms with Crippen molar-refractivity contribution in [2.45, 2.75) is 56.4 Å². The summed E-state index contributed by atoms with van der Waals surface area (Å²) < 4.78 is 5.48. The molecule has 0 saturated heterocycles. The van der Waals surface area contributed by atoms with Crippen LogP contribution in [0.3, 0.4) is 0 Å². The van der Waals surface area contributed by atoms with E-state index in [-0.39, 0.29) is 17.2 Å². The molecular weight excluding hydrogens is 578 g/mol. The molecule has 0 radical (unpaired) electrons. The van der Waals surface area contributed by atoms with Gasteiger partial charge in [-0.15, -0.1) is 23.1 Å². The number of carbonyl (C=O) groups excluding carboxylic acids is 3. The maximum atomic E-state index is 13.1. The largest absolute Gasteiger partial charge is 0.444 e. The van der Waals surface area contributed by atoms with Crippen LogP contribution in [0.2, 0.25) is 0 Å². The number of nitro benzene ring substituents is 1. The van der Waals surface area contributed by atoms with Gasteiger partial charge in [-0.1, -0.05) is 12.1 Å². The van der Waals surface area contributed by atoms with Crippen LogP contribution in [-0.2, 0) is 22.5 Å². The first-order valence-electron chi connectivity index (χ1n) is 13.0. The van der Waals surface area contributed by atoms with Crippen LogP contribution < -0.4 is 10.6 Å². The Kier molecular flexibility index (Phi) is 9.18. The van der Waals surface area contributed by atoms with Gasteiger partial charge >= 0.3 is 6.09 Å². The number of nitriles is 1. The number of hydrogen-bond acceptors (Lipinski definition) is 9. The highest BCUT2D eigenvalue weighted by molar-refractivity contribution is 8.00. The minimum atomic E-state index is -0.617. The fraction of sp³-hybridized carbons (Fsp3) is 0.310. The third-order valence-electron chi connectivity index (χ3n) is 6.15. The fourth-order valence-corrected chi connectivity index (χ4v) is 6.32. The summed E-state index contributed by atoms with van der Waals surface area (Å²) in [6, 6.07) is 14.6. The van der Waals surface area contributed by atoms with E-state index in [2.05, 4.69) is 16.7 Å². The molecule has 42 heavy (non-hydrogen) atoms. The quantitative estimate of drug-likeness (QED) is 0.183. The lowest BCUT2D eigenvalue weighted by Gasteiger charge is -2.29. The van der Waals surface area contributed by atoms with Gasteiger partial charge in [0.15, 0.2) is 0 Å². The first-order chi connectivity index (χ1) is 19.8. The number of amides is 3. The number of fused-ring (bicyclic) bond motifs is 1. The second-order valence-corrected chi connectivity index (χ2v) is 13.0. The number of carbonyl (C=O) groups is 3. The van der Waals surface area contributed by atoms with Gasteiger partial charge in [0, 0.05) is 39.7 Å². The monoisotopic (exact) mass is 607 g/mol. The van der Waals surface area contributed by atoms with Crippen LogP contribution in [0.15, 0.2) is 53.4 Å². The van der Waals surface area contributed by atoms with Crippen LogP contribution in [0, 0.1) is 21.4 Å². The van der Waals surface area contributed by atoms with Gasteiger partial charge in [0.2, 0.25) is 5.91 Å². The Balaban J connectivity index is 1.40. The number of ether oxygens (including phenoxy) is 1. The summed E-state index contributed by atoms with van der Waals surface area (Å²) in [6.07, 6.45) is 0.0716. The van der Waals surface area contributed by atoms with Crippen molar-refractivity contribution in [1.82, 2.24) is 4.90 Å². The normalized spacial score (nSPS) is 13.4. The number of nitrogens with zero attached hydrogens (tertiary/aromatic N) is 3. The van der Waals surface area contributed by atoms with Gasteiger partial charge < -0.3 is 20.3 Å². The molecule has 0 aliphatic carbocycles. The van der Waals surface area contributed by atoms with E-state index in [1.165, 1.54) is 47.4 Å². The Hall–Kier alpha value is -4.41. The molecule has 1 atom stereocenters. The second kappa shape index (κ2) is 12.6. The fourth-order valence-electron chi connectivity index (χ4n) is 4.17. The van der Waals surface area contributed by atoms with E-state index in [1.807, 2.05) is 0 Å². The van der Waals surface area contributed by atoms with Gasteiger partial charge in [-0.2, -0.15) is 5.26 Å². The van der Waals surface area contributed by atoms with Gasteiger partial charge in [0.1, 0.15) is 16.7 Å². The van der Waals surface area contributed by atoms with Gasteiger partial charge in [-0.25, -0.2) is 4.79 Å². The van der Waals surface area contributed by atoms with Crippen LogP contribution in [0.4, 0.5) is 21.2 Å². The third kappa shape index (κ3) is 7.45. The van der Waals surface area contributed by atoms with Crippen molar-refractivity contribution in [3.8, 4) is 6.07 Å². The third-order valence-corrected chi connectivity index (χ3v) is 8.38. The van der Waals surface area contributed by atoms with Crippen molar-refractivity contribution in [2.24, 2.45) is 0 Å². The van der Waals surface area contributed by atoms with Gasteiger partial charge in [0.25, 0.3) is 11.6 Å². The molecule has 4 rings (SSSR count). The molecule has 3 amide bonds. The number of hydrogen-bond donors (Lipinski definition) is 2. The van der Waals surface area contributed by atoms with E-state index < -0.39 is 27.8 Å². The van der Waals surface area contributed by atoms with Crippen molar-refractivity contribution in [2.75, 3.05) is 17.2 Å². The summed E-state index contributed by atoms with van der Waals surface area (Å²) in [5, 5.41) is 26.4. The maximum absolute atomic E-state index is 13.1. The van der Waals surface area contributed by atoms with Crippen molar-refractivity contribution in [1.29, 1.82) is 5.26 Å². The van der Waals surface area contributed by atoms with Crippen LogP contribution in [0.25, 0.3) is 0 Å². The summed E-state index contributed by atoms with van der Waals surface area (Å²) >= 11 is 2.56. The number of thiophene rings is 1. The Morgan fingerprint density at radius 1 is 1.17 bits per heavy atom. The van der Waals surface area contributed by atoms with Crippen LogP contribution >= 0.6 is 23.1 Å². The molecule has 218 valence electrons. The van der Waals surface area contributed by atoms with Crippen molar-refractivity contribution >= 4 is 57.4 Å². The molecule has 1 aliphatic heterocycles. The van der Waals surface area contributed by atoms with E-state index in [0.717, 1.165) is 10.4 Å². The number of nitrogens with one attached hydrogen (secondary N) is 2. The summed E-state index contributed by atoms with van der Waals surface area (Å²) in [6.45, 7) is 7.87. The molecule has 1 aromatic heterocycles. The molecule has 2 heterocycles. The molecule has 11 nitrogen and oxygen atoms in total. The smallest absolute Gasteiger partial charge is 0.410 e. The van der Waals surface area contributed by atoms with Crippen molar-refractivity contribution in [3.63, 3.8) is 0 Å². The molecule has 0 bridgehead atoms. The van der Waals surface area contributed by atoms with Gasteiger partial charge in [-0.3, -0.25) is 19.7 Å². The molecule has 2 aromatic carbocycles. The van der Waals surface area contributed by atoms with E-state index in [1.54, 1.807) is 56.9 Å². The highest BCUT2D eigenvalue weighted by Crippen LogP contribution is 2.37. The van der Waals surface area contributed by atoms with E-state index in [0.29, 0.717) is 40.7 Å². The van der Waals surface area contributed by atoms with E-state index in [9.17, 15) is 29.8 Å². The Labute approximate surface area is 251 Å². The van der Waals surface area contributed by atoms with E-state index in [4.69, 9.17) is 4.74 Å². The van der Waals surface area contributed by atoms with Crippen LogP contribution in [0.1, 0.15) is 54.1 Å². The number of anilines is 2. The van der Waals surface area contributed by atoms with E-state index >= 15 is 0 Å². The minimum absolute atomic E-state index is 0.149. The highest BCUT2D eigenvalue weighted by Gasteiger charge is 2.30. The lowest BCUT2D eigenvalue weighted by atomic mass is 10.0. The predicted molar refractivity (Wildman–Crippen MR) is 161 cm³/mol. The Morgan fingerprint density at radius 2 is 1.90 bits per heavy atom. The molecular formula is C29H29N5O6S2. The summed E-state index contributed by atoms with van der Waals surface area (Å²) in [5.41, 5.74) is 1.07. The van der Waals surface area contributed by atoms with Gasteiger partial charge in [0.05, 0.1) is 22.3 Å². The predicted octanol–water partition coefficient (Wildman–Crippen LogP) is 6.19. The van der Waals surface area contributed by atoms with Crippen LogP contribution in [0.5, 0.6) is 0 Å². The molecule has 0 fully saturated rings.